The molecule has 0 radical (unpaired) electrons. The molecule has 0 aliphatic heterocycles. The Hall–Kier alpha value is -8.00. The quantitative estimate of drug-likeness (QED) is 0.0546. The SMILES string of the molecule is O=C(CC(=O)Cc1ccccc1)Cc1ccccc1.O=C(CC(=O)Cc1ccccc1)Cc1ccccc1.O=C(CC(=O)Cc1ccccc1)Cc1ccccc1.O=C(CC(=O)Cc1ccccc1)Cc1ccccc1.[Zr]. The summed E-state index contributed by atoms with van der Waals surface area (Å²) in [5, 5.41) is 0. The van der Waals surface area contributed by atoms with E-state index in [0.29, 0.717) is 51.4 Å². The summed E-state index contributed by atoms with van der Waals surface area (Å²) in [5.41, 5.74) is 7.67. The molecule has 0 heterocycles. The van der Waals surface area contributed by atoms with Crippen molar-refractivity contribution in [2.45, 2.75) is 77.0 Å². The topological polar surface area (TPSA) is 137 Å². The van der Waals surface area contributed by atoms with E-state index in [2.05, 4.69) is 0 Å². The van der Waals surface area contributed by atoms with Gasteiger partial charge >= 0.3 is 0 Å². The van der Waals surface area contributed by atoms with Crippen LogP contribution >= 0.6 is 0 Å². The summed E-state index contributed by atoms with van der Waals surface area (Å²) in [5.74, 6) is -0.169. The zero-order chi connectivity index (χ0) is 54.0. The van der Waals surface area contributed by atoms with Crippen LogP contribution in [0.4, 0.5) is 0 Å². The Morgan fingerprint density at radius 2 is 0.260 bits per heavy atom. The van der Waals surface area contributed by atoms with Crippen LogP contribution in [0.2, 0.25) is 0 Å². The number of hydrogen-bond donors (Lipinski definition) is 0. The molecule has 8 aromatic rings. The third kappa shape index (κ3) is 27.4. The smallest absolute Gasteiger partial charge is 0.144 e. The van der Waals surface area contributed by atoms with E-state index >= 15 is 0 Å². The Morgan fingerprint density at radius 3 is 0.351 bits per heavy atom. The van der Waals surface area contributed by atoms with Crippen molar-refractivity contribution in [1.29, 1.82) is 0 Å². The predicted molar refractivity (Wildman–Crippen MR) is 300 cm³/mol. The van der Waals surface area contributed by atoms with Gasteiger partial charge in [-0.2, -0.15) is 0 Å². The van der Waals surface area contributed by atoms with Gasteiger partial charge in [0.25, 0.3) is 0 Å². The maximum atomic E-state index is 11.8. The number of rotatable bonds is 24. The van der Waals surface area contributed by atoms with Crippen molar-refractivity contribution in [2.24, 2.45) is 0 Å². The number of carbonyl (C=O) groups is 8. The van der Waals surface area contributed by atoms with Crippen molar-refractivity contribution < 1.29 is 64.6 Å². The van der Waals surface area contributed by atoms with E-state index in [1.165, 1.54) is 0 Å². The van der Waals surface area contributed by atoms with Gasteiger partial charge in [-0.1, -0.05) is 243 Å². The Kier molecular flexibility index (Phi) is 28.8. The Balaban J connectivity index is 0.000000221. The largest absolute Gasteiger partial charge is 0.299 e. The Bertz CT molecular complexity index is 2400. The molecule has 0 aliphatic carbocycles. The van der Waals surface area contributed by atoms with Crippen molar-refractivity contribution in [2.75, 3.05) is 0 Å². The van der Waals surface area contributed by atoms with Crippen molar-refractivity contribution in [3.63, 3.8) is 0 Å². The van der Waals surface area contributed by atoms with Crippen LogP contribution in [-0.4, -0.2) is 46.3 Å². The summed E-state index contributed by atoms with van der Waals surface area (Å²) in [6, 6.07) is 76.1. The van der Waals surface area contributed by atoms with Gasteiger partial charge in [0.2, 0.25) is 0 Å². The molecule has 0 aliphatic rings. The minimum Gasteiger partial charge on any atom is -0.299 e. The molecule has 0 atom stereocenters. The second-order valence-electron chi connectivity index (χ2n) is 18.3. The molecule has 0 saturated heterocycles. The van der Waals surface area contributed by atoms with Crippen molar-refractivity contribution in [1.82, 2.24) is 0 Å². The first kappa shape index (κ1) is 61.5. The third-order valence-corrected chi connectivity index (χ3v) is 11.5. The van der Waals surface area contributed by atoms with Crippen LogP contribution in [0.3, 0.4) is 0 Å². The first-order chi connectivity index (χ1) is 36.9. The monoisotopic (exact) mass is 1100 g/mol. The molecule has 9 heteroatoms. The molecule has 0 amide bonds. The summed E-state index contributed by atoms with van der Waals surface area (Å²) in [6.07, 6.45) is 2.75. The standard InChI is InChI=1S/4C17H16O2.Zr/c4*18-16(11-14-7-3-1-4-8-14)13-17(19)12-15-9-5-2-6-10-15;/h4*1-10H,11-13H2;. The molecule has 0 aromatic heterocycles. The molecule has 0 saturated carbocycles. The van der Waals surface area contributed by atoms with Crippen molar-refractivity contribution in [3.05, 3.63) is 287 Å². The normalized spacial score (nSPS) is 9.97. The van der Waals surface area contributed by atoms with Crippen molar-refractivity contribution >= 4 is 46.3 Å². The molecule has 8 rings (SSSR count). The van der Waals surface area contributed by atoms with Gasteiger partial charge in [0, 0.05) is 77.6 Å². The fourth-order valence-electron chi connectivity index (χ4n) is 7.97. The van der Waals surface area contributed by atoms with E-state index < -0.39 is 0 Å². The second kappa shape index (κ2) is 36.1. The summed E-state index contributed by atoms with van der Waals surface area (Å²) < 4.78 is 0. The fourth-order valence-corrected chi connectivity index (χ4v) is 7.97. The van der Waals surface area contributed by atoms with Gasteiger partial charge in [-0.25, -0.2) is 0 Å². The van der Waals surface area contributed by atoms with Crippen LogP contribution in [0, 0.1) is 0 Å². The van der Waals surface area contributed by atoms with E-state index in [9.17, 15) is 38.4 Å². The second-order valence-corrected chi connectivity index (χ2v) is 18.3. The molecule has 77 heavy (non-hydrogen) atoms. The number of benzene rings is 8. The first-order valence-corrected chi connectivity index (χ1v) is 25.4. The van der Waals surface area contributed by atoms with Crippen LogP contribution in [0.1, 0.15) is 70.2 Å². The van der Waals surface area contributed by atoms with Crippen LogP contribution in [0.25, 0.3) is 0 Å². The third-order valence-electron chi connectivity index (χ3n) is 11.5. The average molecular weight is 1100 g/mol. The van der Waals surface area contributed by atoms with Gasteiger partial charge in [-0.05, 0) is 44.5 Å². The molecule has 0 spiro atoms. The van der Waals surface area contributed by atoms with Crippen LogP contribution in [0.15, 0.2) is 243 Å². The maximum Gasteiger partial charge on any atom is 0.144 e. The van der Waals surface area contributed by atoms with Crippen LogP contribution < -0.4 is 0 Å². The van der Waals surface area contributed by atoms with Gasteiger partial charge in [0.1, 0.15) is 46.3 Å². The number of hydrogen-bond acceptors (Lipinski definition) is 8. The molecule has 0 bridgehead atoms. The number of carbonyl (C=O) groups excluding carboxylic acids is 8. The van der Waals surface area contributed by atoms with Crippen molar-refractivity contribution in [3.8, 4) is 0 Å². The van der Waals surface area contributed by atoms with Gasteiger partial charge < -0.3 is 0 Å². The van der Waals surface area contributed by atoms with Gasteiger partial charge in [0.15, 0.2) is 0 Å². The number of ketones is 8. The average Bonchev–Trinajstić information content (AvgIpc) is 3.41. The van der Waals surface area contributed by atoms with E-state index in [-0.39, 0.29) is 98.2 Å². The molecule has 0 fully saturated rings. The first-order valence-electron chi connectivity index (χ1n) is 25.4. The maximum absolute atomic E-state index is 11.8. The molecule has 8 aromatic carbocycles. The van der Waals surface area contributed by atoms with E-state index in [1.54, 1.807) is 0 Å². The molecular weight excluding hydrogens is 1040 g/mol. The minimum atomic E-state index is -0.0212. The van der Waals surface area contributed by atoms with E-state index in [1.807, 2.05) is 243 Å². The van der Waals surface area contributed by atoms with E-state index in [0.717, 1.165) is 44.5 Å². The Morgan fingerprint density at radius 1 is 0.169 bits per heavy atom. The molecule has 0 N–H and O–H groups in total. The fraction of sp³-hybridized carbons (Fsp3) is 0.176. The predicted octanol–water partition coefficient (Wildman–Crippen LogP) is 12.0. The molecule has 388 valence electrons. The Labute approximate surface area is 472 Å². The minimum absolute atomic E-state index is 0. The zero-order valence-corrected chi connectivity index (χ0v) is 45.8. The zero-order valence-electron chi connectivity index (χ0n) is 43.3. The molecule has 0 unspecified atom stereocenters. The van der Waals surface area contributed by atoms with E-state index in [4.69, 9.17) is 0 Å². The molecular formula is C68H64O8Zr. The summed E-state index contributed by atoms with van der Waals surface area (Å²) in [6.45, 7) is 0. The van der Waals surface area contributed by atoms with Gasteiger partial charge in [0.05, 0.1) is 25.7 Å². The number of Topliss-reactive ketones (excluding diaryl/α,β-unsaturated/α-hetero) is 8. The molecule has 8 nitrogen and oxygen atoms in total. The summed E-state index contributed by atoms with van der Waals surface area (Å²) >= 11 is 0. The summed E-state index contributed by atoms with van der Waals surface area (Å²) in [4.78, 5) is 94.3. The van der Waals surface area contributed by atoms with Crippen LogP contribution in [0.5, 0.6) is 0 Å². The van der Waals surface area contributed by atoms with Gasteiger partial charge in [-0.15, -0.1) is 0 Å². The summed E-state index contributed by atoms with van der Waals surface area (Å²) in [7, 11) is 0. The van der Waals surface area contributed by atoms with Crippen LogP contribution in [-0.2, 0) is 116 Å². The van der Waals surface area contributed by atoms with Gasteiger partial charge in [-0.3, -0.25) is 38.4 Å².